The molecule has 0 aromatic carbocycles. The van der Waals surface area contributed by atoms with E-state index in [4.69, 9.17) is 4.42 Å². The van der Waals surface area contributed by atoms with Crippen LogP contribution in [0.4, 0.5) is 0 Å². The Labute approximate surface area is 156 Å². The van der Waals surface area contributed by atoms with Crippen LogP contribution in [0.2, 0.25) is 0 Å². The van der Waals surface area contributed by atoms with Crippen LogP contribution in [0, 0.1) is 0 Å². The normalized spacial score (nSPS) is 12.6. The average Bonchev–Trinajstić information content (AvgIpc) is 3.31. The maximum atomic E-state index is 12.5. The van der Waals surface area contributed by atoms with Gasteiger partial charge in [0.25, 0.3) is 5.56 Å². The third-order valence-electron chi connectivity index (χ3n) is 4.65. The molecule has 1 amide bonds. The number of furan rings is 1. The second-order valence-electron chi connectivity index (χ2n) is 6.24. The van der Waals surface area contributed by atoms with Crippen molar-refractivity contribution >= 4 is 16.9 Å². The summed E-state index contributed by atoms with van der Waals surface area (Å²) in [5.74, 6) is 0.542. The van der Waals surface area contributed by atoms with Crippen molar-refractivity contribution in [2.45, 2.75) is 26.4 Å². The topological polar surface area (TPSA) is 98.2 Å². The molecule has 3 heterocycles. The van der Waals surface area contributed by atoms with Crippen LogP contribution in [0.3, 0.4) is 0 Å². The van der Waals surface area contributed by atoms with Gasteiger partial charge >= 0.3 is 0 Å². The molecule has 144 valence electrons. The van der Waals surface area contributed by atoms with Crippen molar-refractivity contribution in [2.24, 2.45) is 7.05 Å². The van der Waals surface area contributed by atoms with E-state index < -0.39 is 0 Å². The number of nitrogens with zero attached hydrogens (tertiary/aromatic N) is 5. The molecule has 1 N–H and O–H groups in total. The molecular weight excluding hydrogens is 348 g/mol. The van der Waals surface area contributed by atoms with Crippen LogP contribution in [0.15, 0.2) is 40.1 Å². The molecule has 1 unspecified atom stereocenters. The standard InChI is InChI=1S/C18H24N6O3/c1-4-23(5-2)14(15-7-6-8-27-15)10-19-16(25)11-24-12-20-17-13(18(24)26)9-21-22(17)3/h6-9,12,14H,4-5,10-11H2,1-3H3,(H,19,25). The van der Waals surface area contributed by atoms with Crippen molar-refractivity contribution in [3.8, 4) is 0 Å². The molecule has 0 aliphatic rings. The highest BCUT2D eigenvalue weighted by Gasteiger charge is 2.21. The Morgan fingerprint density at radius 1 is 1.37 bits per heavy atom. The number of amides is 1. The monoisotopic (exact) mass is 372 g/mol. The van der Waals surface area contributed by atoms with Gasteiger partial charge in [0.1, 0.15) is 24.0 Å². The van der Waals surface area contributed by atoms with Gasteiger partial charge in [-0.05, 0) is 25.2 Å². The molecule has 0 saturated heterocycles. The molecular formula is C18H24N6O3. The molecule has 27 heavy (non-hydrogen) atoms. The maximum absolute atomic E-state index is 12.5. The number of hydrogen-bond acceptors (Lipinski definition) is 6. The minimum absolute atomic E-state index is 0.0606. The lowest BCUT2D eigenvalue weighted by Crippen LogP contribution is -2.40. The fourth-order valence-electron chi connectivity index (χ4n) is 3.16. The van der Waals surface area contributed by atoms with E-state index in [9.17, 15) is 9.59 Å². The summed E-state index contributed by atoms with van der Waals surface area (Å²) in [6.07, 6.45) is 4.47. The van der Waals surface area contributed by atoms with Crippen molar-refractivity contribution in [3.05, 3.63) is 47.0 Å². The minimum atomic E-state index is -0.283. The number of hydrogen-bond donors (Lipinski definition) is 1. The number of carbonyl (C=O) groups is 1. The van der Waals surface area contributed by atoms with Crippen LogP contribution < -0.4 is 10.9 Å². The van der Waals surface area contributed by atoms with E-state index in [1.165, 1.54) is 21.8 Å². The Hall–Kier alpha value is -2.94. The second kappa shape index (κ2) is 8.17. The fourth-order valence-corrected chi connectivity index (χ4v) is 3.16. The summed E-state index contributed by atoms with van der Waals surface area (Å²) in [4.78, 5) is 31.3. The van der Waals surface area contributed by atoms with Gasteiger partial charge in [-0.3, -0.25) is 23.7 Å². The summed E-state index contributed by atoms with van der Waals surface area (Å²) >= 11 is 0. The number of nitrogens with one attached hydrogen (secondary N) is 1. The molecule has 0 fully saturated rings. The van der Waals surface area contributed by atoms with E-state index in [1.807, 2.05) is 12.1 Å². The number of rotatable bonds is 8. The maximum Gasteiger partial charge on any atom is 0.264 e. The average molecular weight is 372 g/mol. The predicted molar refractivity (Wildman–Crippen MR) is 100 cm³/mol. The lowest BCUT2D eigenvalue weighted by Gasteiger charge is -2.28. The molecule has 0 bridgehead atoms. The van der Waals surface area contributed by atoms with E-state index in [2.05, 4.69) is 34.1 Å². The van der Waals surface area contributed by atoms with Crippen LogP contribution in [-0.4, -0.2) is 49.8 Å². The van der Waals surface area contributed by atoms with Gasteiger partial charge in [0.2, 0.25) is 5.91 Å². The van der Waals surface area contributed by atoms with Crippen molar-refractivity contribution in [1.29, 1.82) is 0 Å². The van der Waals surface area contributed by atoms with Crippen molar-refractivity contribution in [1.82, 2.24) is 29.5 Å². The van der Waals surface area contributed by atoms with Crippen LogP contribution >= 0.6 is 0 Å². The number of fused-ring (bicyclic) bond motifs is 1. The number of aryl methyl sites for hydroxylation is 1. The zero-order valence-corrected chi connectivity index (χ0v) is 15.8. The molecule has 0 saturated carbocycles. The van der Waals surface area contributed by atoms with Gasteiger partial charge in [-0.1, -0.05) is 13.8 Å². The first-order valence-corrected chi connectivity index (χ1v) is 8.96. The van der Waals surface area contributed by atoms with Gasteiger partial charge in [0.15, 0.2) is 5.65 Å². The highest BCUT2D eigenvalue weighted by molar-refractivity contribution is 5.77. The first-order chi connectivity index (χ1) is 13.0. The quantitative estimate of drug-likeness (QED) is 0.631. The molecule has 0 radical (unpaired) electrons. The summed E-state index contributed by atoms with van der Waals surface area (Å²) in [6, 6.07) is 3.68. The summed E-state index contributed by atoms with van der Waals surface area (Å²) in [6.45, 7) is 6.09. The number of aromatic nitrogens is 4. The van der Waals surface area contributed by atoms with E-state index in [1.54, 1.807) is 13.3 Å². The zero-order chi connectivity index (χ0) is 19.4. The largest absolute Gasteiger partial charge is 0.468 e. The molecule has 3 rings (SSSR count). The second-order valence-corrected chi connectivity index (χ2v) is 6.24. The van der Waals surface area contributed by atoms with Crippen molar-refractivity contribution in [2.75, 3.05) is 19.6 Å². The Morgan fingerprint density at radius 2 is 2.15 bits per heavy atom. The molecule has 0 aliphatic carbocycles. The highest BCUT2D eigenvalue weighted by Crippen LogP contribution is 2.20. The first-order valence-electron chi connectivity index (χ1n) is 8.96. The Balaban J connectivity index is 1.70. The SMILES string of the molecule is CCN(CC)C(CNC(=O)Cn1cnc2c(cnn2C)c1=O)c1ccco1. The van der Waals surface area contributed by atoms with Crippen LogP contribution in [-0.2, 0) is 18.4 Å². The van der Waals surface area contributed by atoms with E-state index in [0.717, 1.165) is 18.8 Å². The summed E-state index contributed by atoms with van der Waals surface area (Å²) < 4.78 is 8.35. The first kappa shape index (κ1) is 18.8. The van der Waals surface area contributed by atoms with Crippen LogP contribution in [0.1, 0.15) is 25.6 Å². The van der Waals surface area contributed by atoms with Gasteiger partial charge in [0, 0.05) is 13.6 Å². The summed E-state index contributed by atoms with van der Waals surface area (Å²) in [5.41, 5.74) is 0.214. The van der Waals surface area contributed by atoms with E-state index in [0.29, 0.717) is 17.6 Å². The Kier molecular flexibility index (Phi) is 5.70. The number of carbonyl (C=O) groups excluding carboxylic acids is 1. The summed E-state index contributed by atoms with van der Waals surface area (Å²) in [5, 5.41) is 7.32. The van der Waals surface area contributed by atoms with Gasteiger partial charge in [-0.25, -0.2) is 4.98 Å². The smallest absolute Gasteiger partial charge is 0.264 e. The lowest BCUT2D eigenvalue weighted by atomic mass is 10.2. The Bertz CT molecular complexity index is 955. The predicted octanol–water partition coefficient (Wildman–Crippen LogP) is 0.922. The van der Waals surface area contributed by atoms with Gasteiger partial charge < -0.3 is 9.73 Å². The molecule has 0 aliphatic heterocycles. The fraction of sp³-hybridized carbons (Fsp3) is 0.444. The minimum Gasteiger partial charge on any atom is -0.468 e. The number of likely N-dealkylation sites (N-methyl/N-ethyl adjacent to an activating group) is 1. The molecule has 1 atom stereocenters. The van der Waals surface area contributed by atoms with Crippen molar-refractivity contribution < 1.29 is 9.21 Å². The Morgan fingerprint density at radius 3 is 2.81 bits per heavy atom. The lowest BCUT2D eigenvalue weighted by molar-refractivity contribution is -0.122. The van der Waals surface area contributed by atoms with E-state index >= 15 is 0 Å². The van der Waals surface area contributed by atoms with E-state index in [-0.39, 0.29) is 24.1 Å². The van der Waals surface area contributed by atoms with Crippen LogP contribution in [0.25, 0.3) is 11.0 Å². The third-order valence-corrected chi connectivity index (χ3v) is 4.65. The molecule has 3 aromatic rings. The third kappa shape index (κ3) is 3.92. The molecule has 3 aromatic heterocycles. The molecule has 9 nitrogen and oxygen atoms in total. The van der Waals surface area contributed by atoms with Gasteiger partial charge in [0.05, 0.1) is 18.5 Å². The van der Waals surface area contributed by atoms with Crippen LogP contribution in [0.5, 0.6) is 0 Å². The zero-order valence-electron chi connectivity index (χ0n) is 15.8. The van der Waals surface area contributed by atoms with Gasteiger partial charge in [-0.15, -0.1) is 0 Å². The summed E-state index contributed by atoms with van der Waals surface area (Å²) in [7, 11) is 1.72. The molecule has 9 heteroatoms. The highest BCUT2D eigenvalue weighted by atomic mass is 16.3. The van der Waals surface area contributed by atoms with Crippen molar-refractivity contribution in [3.63, 3.8) is 0 Å². The molecule has 0 spiro atoms. The van der Waals surface area contributed by atoms with Gasteiger partial charge in [-0.2, -0.15) is 5.10 Å².